The average molecular weight is 242 g/mol. The maximum Gasteiger partial charge on any atom is 0.410 e. The van der Waals surface area contributed by atoms with Gasteiger partial charge in [-0.3, -0.25) is 0 Å². The number of ether oxygens (including phenoxy) is 2. The summed E-state index contributed by atoms with van der Waals surface area (Å²) in [5.41, 5.74) is -0.619. The molecule has 0 bridgehead atoms. The van der Waals surface area contributed by atoms with E-state index in [1.807, 2.05) is 20.8 Å². The summed E-state index contributed by atoms with van der Waals surface area (Å²) in [6, 6.07) is 0. The number of amides is 1. The summed E-state index contributed by atoms with van der Waals surface area (Å²) >= 11 is 0. The van der Waals surface area contributed by atoms with Crippen LogP contribution in [0.1, 0.15) is 27.2 Å². The summed E-state index contributed by atoms with van der Waals surface area (Å²) in [5.74, 6) is 0. The first-order valence-corrected chi connectivity index (χ1v) is 6.23. The Balaban J connectivity index is 1.95. The van der Waals surface area contributed by atoms with Crippen molar-refractivity contribution in [1.29, 1.82) is 0 Å². The third kappa shape index (κ3) is 3.10. The minimum Gasteiger partial charge on any atom is -0.444 e. The molecule has 17 heavy (non-hydrogen) atoms. The molecule has 1 spiro atoms. The monoisotopic (exact) mass is 242 g/mol. The lowest BCUT2D eigenvalue weighted by atomic mass is 10.0. The maximum atomic E-state index is 12.0. The van der Waals surface area contributed by atoms with Crippen LogP contribution in [-0.4, -0.2) is 55.0 Å². The van der Waals surface area contributed by atoms with Crippen LogP contribution in [0.4, 0.5) is 4.79 Å². The predicted molar refractivity (Wildman–Crippen MR) is 64.0 cm³/mol. The van der Waals surface area contributed by atoms with Crippen LogP contribution < -0.4 is 5.32 Å². The third-order valence-electron chi connectivity index (χ3n) is 3.10. The number of morpholine rings is 1. The first kappa shape index (κ1) is 12.6. The topological polar surface area (TPSA) is 50.8 Å². The van der Waals surface area contributed by atoms with Crippen molar-refractivity contribution in [3.05, 3.63) is 0 Å². The van der Waals surface area contributed by atoms with E-state index in [4.69, 9.17) is 9.47 Å². The minimum atomic E-state index is -0.434. The van der Waals surface area contributed by atoms with Gasteiger partial charge in [-0.05, 0) is 33.7 Å². The summed E-state index contributed by atoms with van der Waals surface area (Å²) in [6.45, 7) is 9.30. The van der Waals surface area contributed by atoms with Crippen molar-refractivity contribution in [3.63, 3.8) is 0 Å². The molecule has 0 aromatic carbocycles. The molecule has 0 radical (unpaired) electrons. The number of hydrogen-bond donors (Lipinski definition) is 1. The van der Waals surface area contributed by atoms with Crippen LogP contribution >= 0.6 is 0 Å². The molecule has 0 saturated carbocycles. The fourth-order valence-electron chi connectivity index (χ4n) is 2.31. The second-order valence-electron chi connectivity index (χ2n) is 5.86. The van der Waals surface area contributed by atoms with Crippen molar-refractivity contribution in [2.75, 3.05) is 32.8 Å². The van der Waals surface area contributed by atoms with E-state index < -0.39 is 5.60 Å². The average Bonchev–Trinajstić information content (AvgIpc) is 2.64. The smallest absolute Gasteiger partial charge is 0.410 e. The molecule has 1 amide bonds. The summed E-state index contributed by atoms with van der Waals surface area (Å²) < 4.78 is 11.2. The Bertz CT molecular complexity index is 293. The first-order valence-electron chi connectivity index (χ1n) is 6.23. The standard InChI is InChI=1S/C12H22N2O3/c1-11(2,3)17-10(15)14-6-7-16-12(9-14)4-5-13-8-12/h13H,4-9H2,1-3H3/t12-/m1/s1. The number of hydrogen-bond acceptors (Lipinski definition) is 4. The van der Waals surface area contributed by atoms with Crippen LogP contribution in [0, 0.1) is 0 Å². The Morgan fingerprint density at radius 2 is 2.24 bits per heavy atom. The normalized spacial score (nSPS) is 29.7. The fourth-order valence-corrected chi connectivity index (χ4v) is 2.31. The van der Waals surface area contributed by atoms with Gasteiger partial charge in [0.15, 0.2) is 0 Å². The summed E-state index contributed by atoms with van der Waals surface area (Å²) in [5, 5.41) is 3.29. The van der Waals surface area contributed by atoms with Crippen molar-refractivity contribution >= 4 is 6.09 Å². The van der Waals surface area contributed by atoms with Crippen LogP contribution in [0.5, 0.6) is 0 Å². The molecule has 2 aliphatic rings. The summed E-state index contributed by atoms with van der Waals surface area (Å²) in [6.07, 6.45) is 0.735. The molecule has 5 heteroatoms. The molecule has 2 fully saturated rings. The number of carbonyl (C=O) groups excluding carboxylic acids is 1. The van der Waals surface area contributed by atoms with Crippen LogP contribution in [-0.2, 0) is 9.47 Å². The highest BCUT2D eigenvalue weighted by atomic mass is 16.6. The van der Waals surface area contributed by atoms with Crippen LogP contribution in [0.25, 0.3) is 0 Å². The second-order valence-corrected chi connectivity index (χ2v) is 5.86. The van der Waals surface area contributed by atoms with Gasteiger partial charge in [-0.15, -0.1) is 0 Å². The molecular weight excluding hydrogens is 220 g/mol. The second kappa shape index (κ2) is 4.46. The minimum absolute atomic E-state index is 0.185. The Labute approximate surface area is 102 Å². The SMILES string of the molecule is CC(C)(C)OC(=O)N1CCO[C@@]2(CCNC2)C1. The molecule has 0 aliphatic carbocycles. The molecule has 0 aromatic heterocycles. The summed E-state index contributed by atoms with van der Waals surface area (Å²) in [4.78, 5) is 13.7. The van der Waals surface area contributed by atoms with E-state index in [2.05, 4.69) is 5.32 Å². The molecule has 5 nitrogen and oxygen atoms in total. The summed E-state index contributed by atoms with van der Waals surface area (Å²) in [7, 11) is 0. The van der Waals surface area contributed by atoms with Crippen molar-refractivity contribution in [3.8, 4) is 0 Å². The highest BCUT2D eigenvalue weighted by Gasteiger charge is 2.41. The lowest BCUT2D eigenvalue weighted by molar-refractivity contribution is -0.0967. The number of rotatable bonds is 0. The van der Waals surface area contributed by atoms with Crippen LogP contribution in [0.15, 0.2) is 0 Å². The lowest BCUT2D eigenvalue weighted by Gasteiger charge is -2.40. The van der Waals surface area contributed by atoms with Crippen molar-refractivity contribution in [1.82, 2.24) is 10.2 Å². The molecule has 1 atom stereocenters. The molecule has 2 saturated heterocycles. The quantitative estimate of drug-likeness (QED) is 0.688. The van der Waals surface area contributed by atoms with Crippen LogP contribution in [0.3, 0.4) is 0 Å². The van der Waals surface area contributed by atoms with Crippen molar-refractivity contribution < 1.29 is 14.3 Å². The Hall–Kier alpha value is -0.810. The van der Waals surface area contributed by atoms with E-state index in [9.17, 15) is 4.79 Å². The maximum absolute atomic E-state index is 12.0. The molecule has 2 heterocycles. The van der Waals surface area contributed by atoms with E-state index in [0.717, 1.165) is 19.5 Å². The van der Waals surface area contributed by atoms with Crippen LogP contribution in [0.2, 0.25) is 0 Å². The molecule has 2 rings (SSSR count). The van der Waals surface area contributed by atoms with E-state index in [1.54, 1.807) is 4.90 Å². The Kier molecular flexibility index (Phi) is 3.32. The predicted octanol–water partition coefficient (Wildman–Crippen LogP) is 0.986. The fraction of sp³-hybridized carbons (Fsp3) is 0.917. The number of nitrogens with zero attached hydrogens (tertiary/aromatic N) is 1. The van der Waals surface area contributed by atoms with Gasteiger partial charge in [0.25, 0.3) is 0 Å². The highest BCUT2D eigenvalue weighted by Crippen LogP contribution is 2.25. The van der Waals surface area contributed by atoms with Crippen molar-refractivity contribution in [2.24, 2.45) is 0 Å². The van der Waals surface area contributed by atoms with Gasteiger partial charge in [-0.25, -0.2) is 4.79 Å². The van der Waals surface area contributed by atoms with Gasteiger partial charge in [0, 0.05) is 13.1 Å². The van der Waals surface area contributed by atoms with E-state index in [0.29, 0.717) is 19.7 Å². The number of nitrogens with one attached hydrogen (secondary N) is 1. The zero-order valence-electron chi connectivity index (χ0n) is 10.9. The zero-order valence-corrected chi connectivity index (χ0v) is 10.9. The molecular formula is C12H22N2O3. The van der Waals surface area contributed by atoms with E-state index in [-0.39, 0.29) is 11.7 Å². The Morgan fingerprint density at radius 1 is 1.47 bits per heavy atom. The van der Waals surface area contributed by atoms with Gasteiger partial charge in [0.1, 0.15) is 5.60 Å². The molecule has 0 unspecified atom stereocenters. The molecule has 1 N–H and O–H groups in total. The van der Waals surface area contributed by atoms with Gasteiger partial charge in [-0.1, -0.05) is 0 Å². The van der Waals surface area contributed by atoms with Crippen molar-refractivity contribution in [2.45, 2.75) is 38.4 Å². The third-order valence-corrected chi connectivity index (χ3v) is 3.10. The largest absolute Gasteiger partial charge is 0.444 e. The molecule has 0 aromatic rings. The van der Waals surface area contributed by atoms with Gasteiger partial charge < -0.3 is 19.7 Å². The number of carbonyl (C=O) groups is 1. The van der Waals surface area contributed by atoms with Gasteiger partial charge in [0.2, 0.25) is 0 Å². The van der Waals surface area contributed by atoms with Gasteiger partial charge in [-0.2, -0.15) is 0 Å². The van der Waals surface area contributed by atoms with Gasteiger partial charge >= 0.3 is 6.09 Å². The first-order chi connectivity index (χ1) is 7.90. The molecule has 2 aliphatic heterocycles. The van der Waals surface area contributed by atoms with E-state index in [1.165, 1.54) is 0 Å². The Morgan fingerprint density at radius 3 is 2.82 bits per heavy atom. The molecule has 98 valence electrons. The lowest BCUT2D eigenvalue weighted by Crippen LogP contribution is -2.55. The highest BCUT2D eigenvalue weighted by molar-refractivity contribution is 5.68. The zero-order chi connectivity index (χ0) is 12.5. The van der Waals surface area contributed by atoms with E-state index >= 15 is 0 Å². The van der Waals surface area contributed by atoms with Gasteiger partial charge in [0.05, 0.1) is 18.8 Å².